The number of rotatable bonds is 4. The number of hydrogen-bond acceptors (Lipinski definition) is 6. The number of carboxylic acid groups (broad SMARTS) is 1. The highest BCUT2D eigenvalue weighted by Crippen LogP contribution is 2.20. The maximum absolute atomic E-state index is 12.2. The highest BCUT2D eigenvalue weighted by atomic mass is 79.9. The lowest BCUT2D eigenvalue weighted by Gasteiger charge is -2.07. The molecule has 0 aliphatic rings. The van der Waals surface area contributed by atoms with Gasteiger partial charge in [0.15, 0.2) is 4.60 Å². The molecule has 0 amide bonds. The minimum atomic E-state index is -3.99. The van der Waals surface area contributed by atoms with Gasteiger partial charge in [-0.25, -0.2) is 14.5 Å². The molecule has 0 fully saturated rings. The van der Waals surface area contributed by atoms with E-state index < -0.39 is 16.0 Å². The molecule has 11 heteroatoms. The van der Waals surface area contributed by atoms with Gasteiger partial charge in [0, 0.05) is 13.2 Å². The number of sulfonamides is 1. The Kier molecular flexibility index (Phi) is 3.72. The Morgan fingerprint density at radius 1 is 1.50 bits per heavy atom. The molecule has 9 nitrogen and oxygen atoms in total. The Hall–Kier alpha value is -2.01. The van der Waals surface area contributed by atoms with Crippen molar-refractivity contribution < 1.29 is 18.3 Å². The van der Waals surface area contributed by atoms with Crippen molar-refractivity contribution in [1.29, 1.82) is 0 Å². The fraction of sp³-hybridized carbons (Fsp3) is 0.111. The van der Waals surface area contributed by atoms with Gasteiger partial charge in [0.05, 0.1) is 5.56 Å². The zero-order valence-corrected chi connectivity index (χ0v) is 12.4. The molecule has 0 spiro atoms. The van der Waals surface area contributed by atoms with Crippen molar-refractivity contribution in [2.24, 2.45) is 7.05 Å². The van der Waals surface area contributed by atoms with Crippen LogP contribution in [0.25, 0.3) is 0 Å². The summed E-state index contributed by atoms with van der Waals surface area (Å²) in [5, 5.41) is 15.8. The minimum Gasteiger partial charge on any atom is -0.478 e. The molecule has 20 heavy (non-hydrogen) atoms. The predicted octanol–water partition coefficient (Wildman–Crippen LogP) is 0.472. The van der Waals surface area contributed by atoms with E-state index in [0.717, 1.165) is 10.7 Å². The Morgan fingerprint density at radius 2 is 2.20 bits per heavy atom. The summed E-state index contributed by atoms with van der Waals surface area (Å²) in [4.78, 5) is 14.6. The molecule has 0 saturated heterocycles. The summed E-state index contributed by atoms with van der Waals surface area (Å²) in [6.07, 6.45) is 1.19. The van der Waals surface area contributed by atoms with E-state index in [0.29, 0.717) is 0 Å². The average molecular weight is 362 g/mol. The number of nitrogens with one attached hydrogen (secondary N) is 1. The molecule has 0 aliphatic carbocycles. The summed E-state index contributed by atoms with van der Waals surface area (Å²) in [5.74, 6) is -1.30. The van der Waals surface area contributed by atoms with Gasteiger partial charge in [-0.2, -0.15) is 8.42 Å². The lowest BCUT2D eigenvalue weighted by molar-refractivity contribution is 0.0697. The summed E-state index contributed by atoms with van der Waals surface area (Å²) in [5.41, 5.74) is -0.0834. The van der Waals surface area contributed by atoms with Crippen LogP contribution in [0.3, 0.4) is 0 Å². The molecule has 0 bridgehead atoms. The second-order valence-electron chi connectivity index (χ2n) is 3.65. The fourth-order valence-corrected chi connectivity index (χ4v) is 3.51. The minimum absolute atomic E-state index is 0.0434. The van der Waals surface area contributed by atoms with Gasteiger partial charge >= 0.3 is 5.97 Å². The van der Waals surface area contributed by atoms with Gasteiger partial charge in [-0.15, -0.1) is 5.10 Å². The second kappa shape index (κ2) is 5.17. The van der Waals surface area contributed by atoms with Gasteiger partial charge in [-0.3, -0.25) is 4.72 Å². The van der Waals surface area contributed by atoms with Crippen LogP contribution < -0.4 is 4.72 Å². The molecule has 106 valence electrons. The molecule has 2 heterocycles. The van der Waals surface area contributed by atoms with Crippen LogP contribution in [0.15, 0.2) is 28.0 Å². The van der Waals surface area contributed by atoms with Gasteiger partial charge in [0.2, 0.25) is 5.03 Å². The number of anilines is 1. The van der Waals surface area contributed by atoms with Crippen molar-refractivity contribution in [3.05, 3.63) is 28.5 Å². The molecular formula is C9H8BrN5O4S. The van der Waals surface area contributed by atoms with E-state index in [9.17, 15) is 13.2 Å². The Balaban J connectivity index is 2.39. The molecule has 0 atom stereocenters. The lowest BCUT2D eigenvalue weighted by Crippen LogP contribution is -2.18. The fourth-order valence-electron chi connectivity index (χ4n) is 1.41. The zero-order chi connectivity index (χ0) is 14.9. The lowest BCUT2D eigenvalue weighted by atomic mass is 10.3. The van der Waals surface area contributed by atoms with Gasteiger partial charge in [-0.1, -0.05) is 5.21 Å². The van der Waals surface area contributed by atoms with E-state index in [1.807, 2.05) is 0 Å². The molecule has 0 radical (unpaired) electrons. The Bertz CT molecular complexity index is 753. The van der Waals surface area contributed by atoms with Crippen LogP contribution in [-0.4, -0.2) is 39.5 Å². The van der Waals surface area contributed by atoms with Crippen molar-refractivity contribution in [2.75, 3.05) is 4.72 Å². The summed E-state index contributed by atoms with van der Waals surface area (Å²) in [6, 6.07) is 2.36. The van der Waals surface area contributed by atoms with Crippen LogP contribution in [0.1, 0.15) is 10.4 Å². The van der Waals surface area contributed by atoms with E-state index in [2.05, 4.69) is 35.9 Å². The van der Waals surface area contributed by atoms with Crippen LogP contribution in [0.4, 0.5) is 5.82 Å². The summed E-state index contributed by atoms with van der Waals surface area (Å²) in [6.45, 7) is 0. The number of aromatic carboxylic acids is 1. The Labute approximate surface area is 121 Å². The number of aromatic nitrogens is 4. The molecule has 2 aromatic heterocycles. The number of halogens is 1. The third kappa shape index (κ3) is 2.77. The largest absolute Gasteiger partial charge is 0.478 e. The van der Waals surface area contributed by atoms with Crippen LogP contribution >= 0.6 is 15.9 Å². The van der Waals surface area contributed by atoms with Crippen molar-refractivity contribution in [3.63, 3.8) is 0 Å². The van der Waals surface area contributed by atoms with E-state index in [-0.39, 0.29) is 21.0 Å². The van der Waals surface area contributed by atoms with E-state index in [1.165, 1.54) is 19.3 Å². The smallest absolute Gasteiger partial charge is 0.335 e. The van der Waals surface area contributed by atoms with Crippen molar-refractivity contribution >= 4 is 37.7 Å². The number of hydrogen-bond donors (Lipinski definition) is 2. The van der Waals surface area contributed by atoms with Crippen LogP contribution in [-0.2, 0) is 17.1 Å². The van der Waals surface area contributed by atoms with Crippen LogP contribution in [0.5, 0.6) is 0 Å². The Morgan fingerprint density at radius 3 is 2.75 bits per heavy atom. The third-order valence-electron chi connectivity index (χ3n) is 2.24. The highest BCUT2D eigenvalue weighted by Gasteiger charge is 2.24. The number of carboxylic acids is 1. The topological polar surface area (TPSA) is 127 Å². The zero-order valence-electron chi connectivity index (χ0n) is 9.98. The van der Waals surface area contributed by atoms with E-state index in [1.54, 1.807) is 0 Å². The first-order chi connectivity index (χ1) is 9.31. The molecule has 2 rings (SSSR count). The van der Waals surface area contributed by atoms with Crippen LogP contribution in [0.2, 0.25) is 0 Å². The molecule has 0 aliphatic heterocycles. The van der Waals surface area contributed by atoms with Gasteiger partial charge in [0.25, 0.3) is 10.0 Å². The molecule has 0 saturated carbocycles. The second-order valence-corrected chi connectivity index (χ2v) is 6.00. The standard InChI is InChI=1S/C9H8BrN5O4S/c1-15-8(7(10)12-14-15)20(18,19)13-6-4-5(9(16)17)2-3-11-6/h2-4H,1H3,(H,11,13)(H,16,17). The summed E-state index contributed by atoms with van der Waals surface area (Å²) in [7, 11) is -2.58. The quantitative estimate of drug-likeness (QED) is 0.809. The van der Waals surface area contributed by atoms with Gasteiger partial charge in [0.1, 0.15) is 5.82 Å². The number of pyridine rings is 1. The average Bonchev–Trinajstić information content (AvgIpc) is 2.69. The van der Waals surface area contributed by atoms with Crippen molar-refractivity contribution in [1.82, 2.24) is 20.0 Å². The van der Waals surface area contributed by atoms with Crippen LogP contribution in [0, 0.1) is 0 Å². The van der Waals surface area contributed by atoms with Gasteiger partial charge in [-0.05, 0) is 28.1 Å². The first-order valence-electron chi connectivity index (χ1n) is 5.08. The maximum atomic E-state index is 12.2. The number of nitrogens with zero attached hydrogens (tertiary/aromatic N) is 4. The highest BCUT2D eigenvalue weighted by molar-refractivity contribution is 9.10. The summed E-state index contributed by atoms with van der Waals surface area (Å²) < 4.78 is 27.6. The molecule has 0 unspecified atom stereocenters. The van der Waals surface area contributed by atoms with Crippen molar-refractivity contribution in [3.8, 4) is 0 Å². The first kappa shape index (κ1) is 14.4. The molecule has 0 aromatic carbocycles. The normalized spacial score (nSPS) is 11.3. The monoisotopic (exact) mass is 361 g/mol. The first-order valence-corrected chi connectivity index (χ1v) is 7.36. The summed E-state index contributed by atoms with van der Waals surface area (Å²) >= 11 is 2.98. The van der Waals surface area contributed by atoms with Crippen molar-refractivity contribution in [2.45, 2.75) is 5.03 Å². The van der Waals surface area contributed by atoms with E-state index in [4.69, 9.17) is 5.11 Å². The molecular weight excluding hydrogens is 354 g/mol. The number of aryl methyl sites for hydroxylation is 1. The SMILES string of the molecule is Cn1nnc(Br)c1S(=O)(=O)Nc1cc(C(=O)O)ccn1. The predicted molar refractivity (Wildman–Crippen MR) is 70.7 cm³/mol. The third-order valence-corrected chi connectivity index (χ3v) is 4.48. The number of carbonyl (C=O) groups is 1. The molecule has 2 N–H and O–H groups in total. The maximum Gasteiger partial charge on any atom is 0.335 e. The van der Waals surface area contributed by atoms with Gasteiger partial charge < -0.3 is 5.11 Å². The molecule has 2 aromatic rings. The van der Waals surface area contributed by atoms with E-state index >= 15 is 0 Å².